The SMILES string of the molecule is NS(=O)(=O)N1CCN(C(=O)NCc2nncn2C2CCCCC2)CC1. The molecule has 1 saturated carbocycles. The van der Waals surface area contributed by atoms with Gasteiger partial charge in [0, 0.05) is 32.2 Å². The maximum atomic E-state index is 12.3. The van der Waals surface area contributed by atoms with E-state index in [0.717, 1.165) is 18.7 Å². The molecule has 1 aliphatic carbocycles. The molecule has 10 nitrogen and oxygen atoms in total. The minimum Gasteiger partial charge on any atom is -0.331 e. The first kappa shape index (κ1) is 18.1. The lowest BCUT2D eigenvalue weighted by molar-refractivity contribution is 0.171. The van der Waals surface area contributed by atoms with Crippen molar-refractivity contribution in [3.05, 3.63) is 12.2 Å². The minimum absolute atomic E-state index is 0.213. The van der Waals surface area contributed by atoms with Crippen molar-refractivity contribution in [1.29, 1.82) is 0 Å². The molecule has 2 heterocycles. The molecular formula is C14H25N7O3S. The number of urea groups is 1. The molecule has 3 rings (SSSR count). The van der Waals surface area contributed by atoms with Crippen molar-refractivity contribution in [1.82, 2.24) is 29.3 Å². The summed E-state index contributed by atoms with van der Waals surface area (Å²) < 4.78 is 25.8. The molecule has 1 aromatic heterocycles. The topological polar surface area (TPSA) is 126 Å². The zero-order chi connectivity index (χ0) is 17.9. The summed E-state index contributed by atoms with van der Waals surface area (Å²) in [6.07, 6.45) is 7.67. The Balaban J connectivity index is 1.51. The molecule has 3 N–H and O–H groups in total. The van der Waals surface area contributed by atoms with Crippen molar-refractivity contribution >= 4 is 16.2 Å². The van der Waals surface area contributed by atoms with Crippen LogP contribution in [0.4, 0.5) is 4.79 Å². The third kappa shape index (κ3) is 4.47. The van der Waals surface area contributed by atoms with Gasteiger partial charge >= 0.3 is 6.03 Å². The van der Waals surface area contributed by atoms with E-state index in [2.05, 4.69) is 20.1 Å². The van der Waals surface area contributed by atoms with Gasteiger partial charge in [-0.15, -0.1) is 10.2 Å². The number of nitrogens with zero attached hydrogens (tertiary/aromatic N) is 5. The molecule has 2 fully saturated rings. The summed E-state index contributed by atoms with van der Waals surface area (Å²) in [4.78, 5) is 13.9. The molecule has 0 bridgehead atoms. The van der Waals surface area contributed by atoms with Gasteiger partial charge in [0.25, 0.3) is 10.2 Å². The molecule has 1 aromatic rings. The fourth-order valence-electron chi connectivity index (χ4n) is 3.47. The number of amides is 2. The number of carbonyl (C=O) groups is 1. The lowest BCUT2D eigenvalue weighted by atomic mass is 9.95. The average Bonchev–Trinajstić information content (AvgIpc) is 3.08. The molecule has 140 valence electrons. The van der Waals surface area contributed by atoms with Gasteiger partial charge in [0.1, 0.15) is 6.33 Å². The van der Waals surface area contributed by atoms with Crippen LogP contribution in [0.5, 0.6) is 0 Å². The molecule has 11 heteroatoms. The largest absolute Gasteiger partial charge is 0.331 e. The van der Waals surface area contributed by atoms with Crippen LogP contribution in [-0.4, -0.2) is 64.6 Å². The number of carbonyl (C=O) groups excluding carboxylic acids is 1. The highest BCUT2D eigenvalue weighted by molar-refractivity contribution is 7.86. The highest BCUT2D eigenvalue weighted by Crippen LogP contribution is 2.28. The second-order valence-corrected chi connectivity index (χ2v) is 8.08. The fraction of sp³-hybridized carbons (Fsp3) is 0.786. The number of hydrogen-bond donors (Lipinski definition) is 2. The van der Waals surface area contributed by atoms with E-state index < -0.39 is 10.2 Å². The van der Waals surface area contributed by atoms with Gasteiger partial charge in [0.05, 0.1) is 6.54 Å². The fourth-order valence-corrected chi connectivity index (χ4v) is 4.14. The van der Waals surface area contributed by atoms with E-state index in [-0.39, 0.29) is 19.1 Å². The van der Waals surface area contributed by atoms with E-state index in [1.807, 2.05) is 0 Å². The molecule has 2 amide bonds. The lowest BCUT2D eigenvalue weighted by Crippen LogP contribution is -2.54. The van der Waals surface area contributed by atoms with Crippen molar-refractivity contribution in [2.45, 2.75) is 44.7 Å². The van der Waals surface area contributed by atoms with E-state index >= 15 is 0 Å². The number of rotatable bonds is 4. The van der Waals surface area contributed by atoms with Gasteiger partial charge in [-0.05, 0) is 12.8 Å². The average molecular weight is 371 g/mol. The zero-order valence-corrected chi connectivity index (χ0v) is 15.0. The first-order valence-electron chi connectivity index (χ1n) is 8.64. The Morgan fingerprint density at radius 2 is 1.88 bits per heavy atom. The summed E-state index contributed by atoms with van der Waals surface area (Å²) in [5.74, 6) is 0.753. The second-order valence-electron chi connectivity index (χ2n) is 6.54. The van der Waals surface area contributed by atoms with Gasteiger partial charge in [-0.25, -0.2) is 9.93 Å². The number of hydrogen-bond acceptors (Lipinski definition) is 5. The van der Waals surface area contributed by atoms with Crippen molar-refractivity contribution in [3.63, 3.8) is 0 Å². The van der Waals surface area contributed by atoms with Crippen molar-refractivity contribution in [2.24, 2.45) is 5.14 Å². The van der Waals surface area contributed by atoms with E-state index in [4.69, 9.17) is 5.14 Å². The van der Waals surface area contributed by atoms with Crippen LogP contribution in [0.15, 0.2) is 6.33 Å². The van der Waals surface area contributed by atoms with Crippen LogP contribution in [-0.2, 0) is 16.8 Å². The van der Waals surface area contributed by atoms with Gasteiger partial charge in [-0.2, -0.15) is 12.7 Å². The molecule has 25 heavy (non-hydrogen) atoms. The lowest BCUT2D eigenvalue weighted by Gasteiger charge is -2.32. The molecule has 1 saturated heterocycles. The molecule has 0 radical (unpaired) electrons. The molecule has 0 atom stereocenters. The number of nitrogens with two attached hydrogens (primary N) is 1. The standard InChI is InChI=1S/C14H25N7O3S/c15-25(23,24)20-8-6-19(7-9-20)14(22)16-10-13-18-17-11-21(13)12-4-2-1-3-5-12/h11-12H,1-10H2,(H,16,22)(H2,15,23,24). The smallest absolute Gasteiger partial charge is 0.317 e. The summed E-state index contributed by atoms with van der Waals surface area (Å²) in [6, 6.07) is 0.182. The molecule has 2 aliphatic rings. The van der Waals surface area contributed by atoms with Crippen LogP contribution >= 0.6 is 0 Å². The summed E-state index contributed by atoms with van der Waals surface area (Å²) >= 11 is 0. The Hall–Kier alpha value is -1.72. The van der Waals surface area contributed by atoms with Crippen LogP contribution in [0.1, 0.15) is 44.0 Å². The van der Waals surface area contributed by atoms with Crippen LogP contribution in [0, 0.1) is 0 Å². The molecule has 1 aliphatic heterocycles. The van der Waals surface area contributed by atoms with Crippen LogP contribution < -0.4 is 10.5 Å². The highest BCUT2D eigenvalue weighted by Gasteiger charge is 2.26. The predicted octanol–water partition coefficient (Wildman–Crippen LogP) is -0.186. The van der Waals surface area contributed by atoms with Crippen molar-refractivity contribution in [3.8, 4) is 0 Å². The first-order valence-corrected chi connectivity index (χ1v) is 10.1. The Morgan fingerprint density at radius 3 is 2.52 bits per heavy atom. The molecular weight excluding hydrogens is 346 g/mol. The van der Waals surface area contributed by atoms with Crippen LogP contribution in [0.2, 0.25) is 0 Å². The summed E-state index contributed by atoms with van der Waals surface area (Å²) in [5.41, 5.74) is 0. The number of aromatic nitrogens is 3. The normalized spacial score (nSPS) is 20.6. The summed E-state index contributed by atoms with van der Waals surface area (Å²) in [5, 5.41) is 16.1. The van der Waals surface area contributed by atoms with E-state index in [0.29, 0.717) is 25.7 Å². The third-order valence-electron chi connectivity index (χ3n) is 4.90. The van der Waals surface area contributed by atoms with Crippen LogP contribution in [0.3, 0.4) is 0 Å². The number of piperazine rings is 1. The first-order chi connectivity index (χ1) is 11.9. The minimum atomic E-state index is -3.69. The van der Waals surface area contributed by atoms with Crippen molar-refractivity contribution < 1.29 is 13.2 Å². The number of nitrogens with one attached hydrogen (secondary N) is 1. The monoisotopic (exact) mass is 371 g/mol. The molecule has 0 aromatic carbocycles. The van der Waals surface area contributed by atoms with Gasteiger partial charge in [-0.3, -0.25) is 0 Å². The molecule has 0 unspecified atom stereocenters. The maximum absolute atomic E-state index is 12.3. The van der Waals surface area contributed by atoms with E-state index in [9.17, 15) is 13.2 Å². The summed E-state index contributed by atoms with van der Waals surface area (Å²) in [6.45, 7) is 1.37. The maximum Gasteiger partial charge on any atom is 0.317 e. The highest BCUT2D eigenvalue weighted by atomic mass is 32.2. The zero-order valence-electron chi connectivity index (χ0n) is 14.2. The van der Waals surface area contributed by atoms with E-state index in [1.165, 1.54) is 23.6 Å². The Kier molecular flexibility index (Phi) is 5.54. The second kappa shape index (κ2) is 7.67. The summed E-state index contributed by atoms with van der Waals surface area (Å²) in [7, 11) is -3.69. The Bertz CT molecular complexity index is 691. The Labute approximate surface area is 147 Å². The van der Waals surface area contributed by atoms with Gasteiger partial charge < -0.3 is 14.8 Å². The third-order valence-corrected chi connectivity index (χ3v) is 5.98. The predicted molar refractivity (Wildman–Crippen MR) is 90.6 cm³/mol. The Morgan fingerprint density at radius 1 is 1.20 bits per heavy atom. The van der Waals surface area contributed by atoms with Gasteiger partial charge in [0.2, 0.25) is 0 Å². The van der Waals surface area contributed by atoms with Gasteiger partial charge in [0.15, 0.2) is 5.82 Å². The van der Waals surface area contributed by atoms with Crippen LogP contribution in [0.25, 0.3) is 0 Å². The van der Waals surface area contributed by atoms with E-state index in [1.54, 1.807) is 11.2 Å². The quantitative estimate of drug-likeness (QED) is 0.759. The van der Waals surface area contributed by atoms with Crippen molar-refractivity contribution in [2.75, 3.05) is 26.2 Å². The van der Waals surface area contributed by atoms with Gasteiger partial charge in [-0.1, -0.05) is 19.3 Å². The molecule has 0 spiro atoms.